The largest absolute Gasteiger partial charge is 0.478 e. The number of anilines is 1. The standard InChI is InChI=1S/C12H14Cl2N2O3/c1-3-6(2)15-12(19)16-10-8(13)4-7(11(17)18)5-9(10)14/h4-6H,3H2,1-2H3,(H,17,18)(H2,15,16,19). The van der Waals surface area contributed by atoms with Gasteiger partial charge in [0, 0.05) is 6.04 Å². The number of urea groups is 1. The molecule has 1 unspecified atom stereocenters. The van der Waals surface area contributed by atoms with E-state index in [-0.39, 0.29) is 27.3 Å². The van der Waals surface area contributed by atoms with Crippen LogP contribution in [0.5, 0.6) is 0 Å². The molecule has 3 N–H and O–H groups in total. The van der Waals surface area contributed by atoms with Crippen LogP contribution < -0.4 is 10.6 Å². The van der Waals surface area contributed by atoms with Crippen LogP contribution in [0, 0.1) is 0 Å². The molecule has 0 fully saturated rings. The number of nitrogens with one attached hydrogen (secondary N) is 2. The van der Waals surface area contributed by atoms with Gasteiger partial charge >= 0.3 is 12.0 Å². The number of amides is 2. The number of halogens is 2. The molecule has 19 heavy (non-hydrogen) atoms. The number of carboxylic acids is 1. The Kier molecular flexibility index (Phi) is 5.44. The molecular weight excluding hydrogens is 291 g/mol. The monoisotopic (exact) mass is 304 g/mol. The molecule has 0 radical (unpaired) electrons. The van der Waals surface area contributed by atoms with E-state index >= 15 is 0 Å². The predicted molar refractivity (Wildman–Crippen MR) is 75.3 cm³/mol. The van der Waals surface area contributed by atoms with Gasteiger partial charge in [0.2, 0.25) is 0 Å². The smallest absolute Gasteiger partial charge is 0.335 e. The molecule has 1 atom stereocenters. The van der Waals surface area contributed by atoms with Crippen molar-refractivity contribution < 1.29 is 14.7 Å². The summed E-state index contributed by atoms with van der Waals surface area (Å²) in [6.45, 7) is 3.79. The number of carbonyl (C=O) groups excluding carboxylic acids is 1. The van der Waals surface area contributed by atoms with E-state index in [1.807, 2.05) is 13.8 Å². The van der Waals surface area contributed by atoms with Crippen LogP contribution in [0.3, 0.4) is 0 Å². The highest BCUT2D eigenvalue weighted by atomic mass is 35.5. The lowest BCUT2D eigenvalue weighted by Gasteiger charge is -2.14. The number of carboxylic acid groups (broad SMARTS) is 1. The fourth-order valence-electron chi connectivity index (χ4n) is 1.29. The van der Waals surface area contributed by atoms with Crippen molar-refractivity contribution in [1.82, 2.24) is 5.32 Å². The maximum absolute atomic E-state index is 11.6. The highest BCUT2D eigenvalue weighted by Gasteiger charge is 2.15. The Bertz CT molecular complexity index is 483. The highest BCUT2D eigenvalue weighted by Crippen LogP contribution is 2.31. The summed E-state index contributed by atoms with van der Waals surface area (Å²) in [5, 5.41) is 14.2. The van der Waals surface area contributed by atoms with E-state index in [0.717, 1.165) is 6.42 Å². The van der Waals surface area contributed by atoms with Gasteiger partial charge in [0.1, 0.15) is 0 Å². The van der Waals surface area contributed by atoms with Crippen LogP contribution >= 0.6 is 23.2 Å². The zero-order valence-electron chi connectivity index (χ0n) is 10.5. The number of benzene rings is 1. The number of rotatable bonds is 4. The third-order valence-corrected chi connectivity index (χ3v) is 3.11. The Hall–Kier alpha value is -1.46. The second-order valence-electron chi connectivity index (χ2n) is 4.03. The van der Waals surface area contributed by atoms with E-state index in [4.69, 9.17) is 28.3 Å². The van der Waals surface area contributed by atoms with Crippen molar-refractivity contribution >= 4 is 40.9 Å². The number of hydrogen-bond acceptors (Lipinski definition) is 2. The Morgan fingerprint density at radius 3 is 2.26 bits per heavy atom. The maximum Gasteiger partial charge on any atom is 0.335 e. The first-order valence-electron chi connectivity index (χ1n) is 5.65. The van der Waals surface area contributed by atoms with Gasteiger partial charge < -0.3 is 15.7 Å². The first-order valence-corrected chi connectivity index (χ1v) is 6.40. The van der Waals surface area contributed by atoms with Gasteiger partial charge in [-0.1, -0.05) is 30.1 Å². The fraction of sp³-hybridized carbons (Fsp3) is 0.333. The quantitative estimate of drug-likeness (QED) is 0.795. The molecule has 2 amide bonds. The molecule has 7 heteroatoms. The van der Waals surface area contributed by atoms with E-state index in [0.29, 0.717) is 0 Å². The fourth-order valence-corrected chi connectivity index (χ4v) is 1.87. The van der Waals surface area contributed by atoms with Gasteiger partial charge in [-0.15, -0.1) is 0 Å². The summed E-state index contributed by atoms with van der Waals surface area (Å²) in [6.07, 6.45) is 0.785. The molecule has 0 aliphatic carbocycles. The van der Waals surface area contributed by atoms with Crippen LogP contribution in [0.25, 0.3) is 0 Å². The van der Waals surface area contributed by atoms with Gasteiger partial charge in [0.25, 0.3) is 0 Å². The number of aromatic carboxylic acids is 1. The Labute approximate surface area is 120 Å². The molecule has 0 bridgehead atoms. The Morgan fingerprint density at radius 2 is 1.84 bits per heavy atom. The molecule has 1 aromatic carbocycles. The average Bonchev–Trinajstić information content (AvgIpc) is 2.33. The molecule has 0 saturated heterocycles. The average molecular weight is 305 g/mol. The van der Waals surface area contributed by atoms with Gasteiger partial charge in [-0.2, -0.15) is 0 Å². The Morgan fingerprint density at radius 1 is 1.32 bits per heavy atom. The van der Waals surface area contributed by atoms with Crippen LogP contribution in [0.1, 0.15) is 30.6 Å². The number of hydrogen-bond donors (Lipinski definition) is 3. The summed E-state index contributed by atoms with van der Waals surface area (Å²) in [6, 6.07) is 2.03. The van der Waals surface area contributed by atoms with Crippen LogP contribution in [0.4, 0.5) is 10.5 Å². The van der Waals surface area contributed by atoms with Gasteiger partial charge in [-0.25, -0.2) is 9.59 Å². The van der Waals surface area contributed by atoms with Gasteiger partial charge in [0.05, 0.1) is 21.3 Å². The van der Waals surface area contributed by atoms with Crippen LogP contribution in [-0.2, 0) is 0 Å². The summed E-state index contributed by atoms with van der Waals surface area (Å²) in [5.41, 5.74) is 0.150. The second-order valence-corrected chi connectivity index (χ2v) is 4.84. The third-order valence-electron chi connectivity index (χ3n) is 2.52. The molecule has 1 aromatic rings. The van der Waals surface area contributed by atoms with Crippen LogP contribution in [0.15, 0.2) is 12.1 Å². The predicted octanol–water partition coefficient (Wildman–Crippen LogP) is 3.61. The van der Waals surface area contributed by atoms with E-state index < -0.39 is 12.0 Å². The molecule has 5 nitrogen and oxygen atoms in total. The van der Waals surface area contributed by atoms with Gasteiger partial charge in [0.15, 0.2) is 0 Å². The Balaban J connectivity index is 2.90. The van der Waals surface area contributed by atoms with Crippen molar-refractivity contribution in [2.75, 3.05) is 5.32 Å². The van der Waals surface area contributed by atoms with E-state index in [1.165, 1.54) is 12.1 Å². The zero-order chi connectivity index (χ0) is 14.6. The molecule has 0 aromatic heterocycles. The molecule has 0 heterocycles. The van der Waals surface area contributed by atoms with Crippen molar-refractivity contribution in [2.45, 2.75) is 26.3 Å². The van der Waals surface area contributed by atoms with E-state index in [9.17, 15) is 9.59 Å². The van der Waals surface area contributed by atoms with Gasteiger partial charge in [-0.05, 0) is 25.5 Å². The normalized spacial score (nSPS) is 11.8. The molecule has 0 saturated carbocycles. The van der Waals surface area contributed by atoms with Crippen molar-refractivity contribution in [2.24, 2.45) is 0 Å². The maximum atomic E-state index is 11.6. The lowest BCUT2D eigenvalue weighted by Crippen LogP contribution is -2.35. The molecule has 0 spiro atoms. The molecule has 0 aliphatic heterocycles. The molecule has 1 rings (SSSR count). The lowest BCUT2D eigenvalue weighted by atomic mass is 10.2. The minimum absolute atomic E-state index is 0.0100. The van der Waals surface area contributed by atoms with Crippen molar-refractivity contribution in [3.8, 4) is 0 Å². The van der Waals surface area contributed by atoms with Gasteiger partial charge in [-0.3, -0.25) is 0 Å². The minimum Gasteiger partial charge on any atom is -0.478 e. The summed E-state index contributed by atoms with van der Waals surface area (Å²) in [5.74, 6) is -1.14. The highest BCUT2D eigenvalue weighted by molar-refractivity contribution is 6.40. The van der Waals surface area contributed by atoms with Crippen LogP contribution in [0.2, 0.25) is 10.0 Å². The molecular formula is C12H14Cl2N2O3. The summed E-state index contributed by atoms with van der Waals surface area (Å²) >= 11 is 11.8. The lowest BCUT2D eigenvalue weighted by molar-refractivity contribution is 0.0697. The summed E-state index contributed by atoms with van der Waals surface area (Å²) in [4.78, 5) is 22.5. The van der Waals surface area contributed by atoms with Crippen molar-refractivity contribution in [1.29, 1.82) is 0 Å². The first-order chi connectivity index (χ1) is 8.85. The topological polar surface area (TPSA) is 78.4 Å². The third kappa shape index (κ3) is 4.29. The second kappa shape index (κ2) is 6.63. The SMILES string of the molecule is CCC(C)NC(=O)Nc1c(Cl)cc(C(=O)O)cc1Cl. The minimum atomic E-state index is -1.14. The van der Waals surface area contributed by atoms with E-state index in [2.05, 4.69) is 10.6 Å². The van der Waals surface area contributed by atoms with E-state index in [1.54, 1.807) is 0 Å². The van der Waals surface area contributed by atoms with Crippen LogP contribution in [-0.4, -0.2) is 23.1 Å². The summed E-state index contributed by atoms with van der Waals surface area (Å²) < 4.78 is 0. The molecule has 104 valence electrons. The number of carbonyl (C=O) groups is 2. The van der Waals surface area contributed by atoms with Crippen molar-refractivity contribution in [3.05, 3.63) is 27.7 Å². The summed E-state index contributed by atoms with van der Waals surface area (Å²) in [7, 11) is 0. The van der Waals surface area contributed by atoms with Crippen molar-refractivity contribution in [3.63, 3.8) is 0 Å². The zero-order valence-corrected chi connectivity index (χ0v) is 12.0. The first kappa shape index (κ1) is 15.6. The molecule has 0 aliphatic rings.